The summed E-state index contributed by atoms with van der Waals surface area (Å²) in [7, 11) is 0. The predicted molar refractivity (Wildman–Crippen MR) is 69.0 cm³/mol. The number of carbonyl (C=O) groups is 1. The Bertz CT molecular complexity index is 580. The lowest BCUT2D eigenvalue weighted by Gasteiger charge is -2.07. The number of aromatic hydroxyl groups is 1. The number of hydrogen-bond donors (Lipinski definition) is 1. The number of benzene rings is 2. The minimum atomic E-state index is -0.0522. The van der Waals surface area contributed by atoms with Crippen LogP contribution in [0.2, 0.25) is 10.0 Å². The molecule has 86 valence electrons. The number of rotatable bonds is 2. The van der Waals surface area contributed by atoms with Gasteiger partial charge in [0, 0.05) is 0 Å². The summed E-state index contributed by atoms with van der Waals surface area (Å²) in [6, 6.07) is 9.92. The largest absolute Gasteiger partial charge is 0.507 e. The van der Waals surface area contributed by atoms with Gasteiger partial charge in [-0.15, -0.1) is 0 Å². The number of phenolic OH excluding ortho intramolecular Hbond substituents is 1. The maximum Gasteiger partial charge on any atom is 0.154 e. The van der Waals surface area contributed by atoms with Crippen molar-refractivity contribution in [3.05, 3.63) is 52.0 Å². The van der Waals surface area contributed by atoms with E-state index in [4.69, 9.17) is 23.2 Å². The van der Waals surface area contributed by atoms with Gasteiger partial charge in [0.2, 0.25) is 0 Å². The molecule has 4 heteroatoms. The molecular weight excluding hydrogens is 259 g/mol. The fourth-order valence-corrected chi connectivity index (χ4v) is 1.89. The lowest BCUT2D eigenvalue weighted by atomic mass is 10.00. The molecule has 0 saturated carbocycles. The number of aldehydes is 1. The second-order valence-corrected chi connectivity index (χ2v) is 4.30. The first-order valence-electron chi connectivity index (χ1n) is 4.86. The molecule has 0 spiro atoms. The molecule has 2 aromatic rings. The third-order valence-corrected chi connectivity index (χ3v) is 3.17. The smallest absolute Gasteiger partial charge is 0.154 e. The molecule has 0 aromatic heterocycles. The van der Waals surface area contributed by atoms with Crippen molar-refractivity contribution in [1.29, 1.82) is 0 Å². The highest BCUT2D eigenvalue weighted by Gasteiger charge is 2.09. The van der Waals surface area contributed by atoms with E-state index in [0.717, 1.165) is 5.56 Å². The third kappa shape index (κ3) is 2.28. The fourth-order valence-electron chi connectivity index (χ4n) is 1.59. The van der Waals surface area contributed by atoms with Gasteiger partial charge in [0.15, 0.2) is 6.29 Å². The molecule has 0 heterocycles. The Morgan fingerprint density at radius 3 is 2.47 bits per heavy atom. The summed E-state index contributed by atoms with van der Waals surface area (Å²) < 4.78 is 0. The summed E-state index contributed by atoms with van der Waals surface area (Å²) in [5.41, 5.74) is 1.60. The van der Waals surface area contributed by atoms with Gasteiger partial charge in [0.1, 0.15) is 5.75 Å². The monoisotopic (exact) mass is 266 g/mol. The first kappa shape index (κ1) is 12.0. The standard InChI is InChI=1S/C13H8Cl2O2/c14-11-5-4-8(6-12(11)15)9-2-1-3-13(17)10(9)7-16/h1-7,17H. The van der Waals surface area contributed by atoms with Crippen molar-refractivity contribution in [3.63, 3.8) is 0 Å². The highest BCUT2D eigenvalue weighted by atomic mass is 35.5. The highest BCUT2D eigenvalue weighted by Crippen LogP contribution is 2.32. The van der Waals surface area contributed by atoms with Crippen molar-refractivity contribution in [1.82, 2.24) is 0 Å². The summed E-state index contributed by atoms with van der Waals surface area (Å²) in [4.78, 5) is 11.0. The lowest BCUT2D eigenvalue weighted by molar-refractivity contribution is 0.112. The van der Waals surface area contributed by atoms with Crippen LogP contribution >= 0.6 is 23.2 Å². The van der Waals surface area contributed by atoms with Crippen molar-refractivity contribution >= 4 is 29.5 Å². The van der Waals surface area contributed by atoms with Crippen molar-refractivity contribution in [2.24, 2.45) is 0 Å². The molecule has 0 amide bonds. The van der Waals surface area contributed by atoms with E-state index in [1.165, 1.54) is 6.07 Å². The summed E-state index contributed by atoms with van der Waals surface area (Å²) >= 11 is 11.7. The van der Waals surface area contributed by atoms with Gasteiger partial charge in [0.25, 0.3) is 0 Å². The Morgan fingerprint density at radius 1 is 1.06 bits per heavy atom. The Balaban J connectivity index is 2.64. The number of halogens is 2. The lowest BCUT2D eigenvalue weighted by Crippen LogP contribution is -1.88. The molecule has 0 aliphatic heterocycles. The maximum atomic E-state index is 11.0. The molecule has 0 aliphatic rings. The van der Waals surface area contributed by atoms with E-state index < -0.39 is 0 Å². The normalized spacial score (nSPS) is 10.2. The molecule has 17 heavy (non-hydrogen) atoms. The average Bonchev–Trinajstić information content (AvgIpc) is 2.32. The van der Waals surface area contributed by atoms with Gasteiger partial charge in [-0.3, -0.25) is 4.79 Å². The highest BCUT2D eigenvalue weighted by molar-refractivity contribution is 6.42. The van der Waals surface area contributed by atoms with Crippen LogP contribution in [0.5, 0.6) is 5.75 Å². The quantitative estimate of drug-likeness (QED) is 0.829. The Kier molecular flexibility index (Phi) is 3.36. The first-order valence-corrected chi connectivity index (χ1v) is 5.61. The first-order chi connectivity index (χ1) is 8.13. The third-order valence-electron chi connectivity index (χ3n) is 2.43. The second kappa shape index (κ2) is 4.78. The van der Waals surface area contributed by atoms with Gasteiger partial charge in [0.05, 0.1) is 15.6 Å². The molecule has 2 aromatic carbocycles. The second-order valence-electron chi connectivity index (χ2n) is 3.49. The topological polar surface area (TPSA) is 37.3 Å². The van der Waals surface area contributed by atoms with E-state index in [-0.39, 0.29) is 11.3 Å². The van der Waals surface area contributed by atoms with Crippen LogP contribution in [-0.2, 0) is 0 Å². The molecule has 2 nitrogen and oxygen atoms in total. The fraction of sp³-hybridized carbons (Fsp3) is 0. The van der Waals surface area contributed by atoms with E-state index in [2.05, 4.69) is 0 Å². The zero-order valence-corrected chi connectivity index (χ0v) is 10.2. The van der Waals surface area contributed by atoms with E-state index >= 15 is 0 Å². The van der Waals surface area contributed by atoms with Crippen molar-refractivity contribution in [2.75, 3.05) is 0 Å². The van der Waals surface area contributed by atoms with Gasteiger partial charge in [-0.1, -0.05) is 41.4 Å². The van der Waals surface area contributed by atoms with E-state index in [1.807, 2.05) is 0 Å². The molecule has 0 saturated heterocycles. The summed E-state index contributed by atoms with van der Waals surface area (Å²) in [5.74, 6) is -0.0522. The number of carbonyl (C=O) groups excluding carboxylic acids is 1. The van der Waals surface area contributed by atoms with E-state index in [0.29, 0.717) is 21.9 Å². The Labute approximate surface area is 108 Å². The Hall–Kier alpha value is -1.51. The average molecular weight is 267 g/mol. The molecule has 0 atom stereocenters. The van der Waals surface area contributed by atoms with Gasteiger partial charge in [-0.2, -0.15) is 0 Å². The van der Waals surface area contributed by atoms with Crippen LogP contribution < -0.4 is 0 Å². The molecule has 0 unspecified atom stereocenters. The number of hydrogen-bond acceptors (Lipinski definition) is 2. The van der Waals surface area contributed by atoms with Gasteiger partial charge < -0.3 is 5.11 Å². The van der Waals surface area contributed by atoms with Crippen LogP contribution in [0, 0.1) is 0 Å². The predicted octanol–water partition coefficient (Wildman–Crippen LogP) is 4.18. The number of phenols is 1. The van der Waals surface area contributed by atoms with Crippen LogP contribution in [0.4, 0.5) is 0 Å². The van der Waals surface area contributed by atoms with Crippen LogP contribution in [0.15, 0.2) is 36.4 Å². The zero-order chi connectivity index (χ0) is 12.4. The summed E-state index contributed by atoms with van der Waals surface area (Å²) in [5, 5.41) is 10.4. The minimum absolute atomic E-state index is 0.0522. The molecular formula is C13H8Cl2O2. The van der Waals surface area contributed by atoms with Gasteiger partial charge in [-0.05, 0) is 29.3 Å². The molecule has 0 radical (unpaired) electrons. The summed E-state index contributed by atoms with van der Waals surface area (Å²) in [6.07, 6.45) is 0.618. The molecule has 1 N–H and O–H groups in total. The van der Waals surface area contributed by atoms with Crippen LogP contribution in [0.25, 0.3) is 11.1 Å². The van der Waals surface area contributed by atoms with Crippen LogP contribution in [0.1, 0.15) is 10.4 Å². The minimum Gasteiger partial charge on any atom is -0.507 e. The van der Waals surface area contributed by atoms with Crippen molar-refractivity contribution < 1.29 is 9.90 Å². The van der Waals surface area contributed by atoms with Crippen molar-refractivity contribution in [3.8, 4) is 16.9 Å². The Morgan fingerprint density at radius 2 is 1.82 bits per heavy atom. The van der Waals surface area contributed by atoms with E-state index in [9.17, 15) is 9.90 Å². The van der Waals surface area contributed by atoms with Crippen LogP contribution in [-0.4, -0.2) is 11.4 Å². The molecule has 0 fully saturated rings. The van der Waals surface area contributed by atoms with Crippen LogP contribution in [0.3, 0.4) is 0 Å². The van der Waals surface area contributed by atoms with Crippen molar-refractivity contribution in [2.45, 2.75) is 0 Å². The zero-order valence-electron chi connectivity index (χ0n) is 8.65. The molecule has 0 aliphatic carbocycles. The SMILES string of the molecule is O=Cc1c(O)cccc1-c1ccc(Cl)c(Cl)c1. The van der Waals surface area contributed by atoms with Gasteiger partial charge >= 0.3 is 0 Å². The molecule has 2 rings (SSSR count). The maximum absolute atomic E-state index is 11.0. The molecule has 0 bridgehead atoms. The van der Waals surface area contributed by atoms with E-state index in [1.54, 1.807) is 30.3 Å². The van der Waals surface area contributed by atoms with Gasteiger partial charge in [-0.25, -0.2) is 0 Å². The summed E-state index contributed by atoms with van der Waals surface area (Å²) in [6.45, 7) is 0.